The number of anilines is 1. The number of aromatic nitrogens is 1. The van der Waals surface area contributed by atoms with Gasteiger partial charge in [-0.25, -0.2) is 13.8 Å². The van der Waals surface area contributed by atoms with E-state index in [0.717, 1.165) is 79.0 Å². The molecule has 0 amide bonds. The highest BCUT2D eigenvalue weighted by Crippen LogP contribution is 2.41. The van der Waals surface area contributed by atoms with Crippen LogP contribution in [0.25, 0.3) is 0 Å². The summed E-state index contributed by atoms with van der Waals surface area (Å²) in [6, 6.07) is 4.16. The van der Waals surface area contributed by atoms with Crippen LogP contribution < -0.4 is 14.8 Å². The number of unbranched alkanes of at least 4 members (excludes halogenated alkanes) is 1. The highest BCUT2D eigenvalue weighted by molar-refractivity contribution is 5.96. The maximum absolute atomic E-state index is 15.1. The Labute approximate surface area is 294 Å². The van der Waals surface area contributed by atoms with Gasteiger partial charge in [-0.3, -0.25) is 9.69 Å². The van der Waals surface area contributed by atoms with Crippen LogP contribution in [0.3, 0.4) is 0 Å². The summed E-state index contributed by atoms with van der Waals surface area (Å²) in [7, 11) is 1.71. The van der Waals surface area contributed by atoms with Crippen LogP contribution in [0, 0.1) is 17.2 Å². The molecule has 7 nitrogen and oxygen atoms in total. The van der Waals surface area contributed by atoms with Crippen LogP contribution in [0.2, 0.25) is 0 Å². The van der Waals surface area contributed by atoms with Crippen LogP contribution in [-0.2, 0) is 28.8 Å². The van der Waals surface area contributed by atoms with Crippen molar-refractivity contribution in [2.24, 2.45) is 11.3 Å². The largest absolute Gasteiger partial charge is 0.496 e. The molecule has 4 heterocycles. The Morgan fingerprint density at radius 2 is 1.94 bits per heavy atom. The van der Waals surface area contributed by atoms with E-state index in [1.165, 1.54) is 12.1 Å². The first-order chi connectivity index (χ1) is 23.2. The molecule has 274 valence electrons. The zero-order chi connectivity index (χ0) is 35.9. The monoisotopic (exact) mass is 685 g/mol. The average Bonchev–Trinajstić information content (AvgIpc) is 3.52. The van der Waals surface area contributed by atoms with E-state index >= 15 is 8.78 Å². The second-order valence-electron chi connectivity index (χ2n) is 15.0. The number of carbonyl (C=O) groups excluding carboxylic acids is 1. The fourth-order valence-electron chi connectivity index (χ4n) is 6.75. The number of ketones is 1. The summed E-state index contributed by atoms with van der Waals surface area (Å²) in [5.74, 6) is 1.30. The fraction of sp³-hybridized carbons (Fsp3) is 0.650. The number of allylic oxidation sites excluding steroid dienone is 1. The van der Waals surface area contributed by atoms with Gasteiger partial charge in [-0.2, -0.15) is 0 Å². The van der Waals surface area contributed by atoms with E-state index in [1.54, 1.807) is 27.0 Å². The number of alkyl halides is 1. The molecule has 1 aromatic heterocycles. The number of fused-ring (bicyclic) bond motifs is 2. The third-order valence-electron chi connectivity index (χ3n) is 10.2. The van der Waals surface area contributed by atoms with Crippen LogP contribution in [0.5, 0.6) is 11.5 Å². The van der Waals surface area contributed by atoms with Crippen LogP contribution in [0.4, 0.5) is 14.6 Å². The number of nitrogens with one attached hydrogen (secondary N) is 1. The number of methoxy groups -OCH3 is 1. The minimum atomic E-state index is -1.48. The van der Waals surface area contributed by atoms with Gasteiger partial charge in [0, 0.05) is 62.5 Å². The fourth-order valence-corrected chi connectivity index (χ4v) is 6.75. The van der Waals surface area contributed by atoms with Crippen molar-refractivity contribution in [3.05, 3.63) is 58.0 Å². The van der Waals surface area contributed by atoms with E-state index in [2.05, 4.69) is 37.1 Å². The van der Waals surface area contributed by atoms with Crippen molar-refractivity contribution in [3.63, 3.8) is 0 Å². The Balaban J connectivity index is 0.00000221. The van der Waals surface area contributed by atoms with Crippen molar-refractivity contribution in [1.29, 1.82) is 0 Å². The predicted octanol–water partition coefficient (Wildman–Crippen LogP) is 8.88. The van der Waals surface area contributed by atoms with Gasteiger partial charge in [0.05, 0.1) is 25.9 Å². The average molecular weight is 686 g/mol. The van der Waals surface area contributed by atoms with Crippen molar-refractivity contribution >= 4 is 11.6 Å². The van der Waals surface area contributed by atoms with Gasteiger partial charge in [0.2, 0.25) is 0 Å². The van der Waals surface area contributed by atoms with Gasteiger partial charge < -0.3 is 19.5 Å². The van der Waals surface area contributed by atoms with Gasteiger partial charge >= 0.3 is 0 Å². The molecule has 1 N–H and O–H groups in total. The number of benzene rings is 1. The number of nitrogens with zero attached hydrogens (tertiary/aromatic N) is 2. The Kier molecular flexibility index (Phi) is 13.3. The molecular weight excluding hydrogens is 624 g/mol. The molecule has 0 saturated carbocycles. The molecule has 9 heteroatoms. The van der Waals surface area contributed by atoms with Gasteiger partial charge in [0.15, 0.2) is 5.78 Å². The zero-order valence-electron chi connectivity index (χ0n) is 31.3. The van der Waals surface area contributed by atoms with Crippen molar-refractivity contribution in [1.82, 2.24) is 9.88 Å². The number of halogens is 2. The lowest BCUT2D eigenvalue weighted by atomic mass is 9.81. The molecule has 0 spiro atoms. The second-order valence-corrected chi connectivity index (χ2v) is 15.0. The molecule has 3 aliphatic rings. The van der Waals surface area contributed by atoms with E-state index in [4.69, 9.17) is 19.2 Å². The molecule has 0 radical (unpaired) electrons. The molecule has 3 atom stereocenters. The lowest BCUT2D eigenvalue weighted by molar-refractivity contribution is -0.119. The smallest absolute Gasteiger partial charge is 0.177 e. The molecule has 2 unspecified atom stereocenters. The molecule has 49 heavy (non-hydrogen) atoms. The van der Waals surface area contributed by atoms with Gasteiger partial charge in [-0.05, 0) is 88.8 Å². The SMILES string of the molecule is CC.COc1cc(CCCCO[C@@H]2CCN(C(C(=O)/C=C(/C)C(C)(C)C)c3cc(F)cc4c3CC(C(C)(C)F)CO4)C2)nc2c1CCCN2.[HH]. The first-order valence-corrected chi connectivity index (χ1v) is 18.3. The Bertz CT molecular complexity index is 1450. The van der Waals surface area contributed by atoms with Gasteiger partial charge in [0.1, 0.15) is 28.8 Å². The zero-order valence-corrected chi connectivity index (χ0v) is 31.3. The first kappa shape index (κ1) is 38.8. The maximum atomic E-state index is 15.1. The predicted molar refractivity (Wildman–Crippen MR) is 195 cm³/mol. The topological polar surface area (TPSA) is 72.9 Å². The summed E-state index contributed by atoms with van der Waals surface area (Å²) in [6.45, 7) is 18.2. The molecule has 0 bridgehead atoms. The lowest BCUT2D eigenvalue weighted by Crippen LogP contribution is -2.38. The number of rotatable bonds is 12. The first-order valence-electron chi connectivity index (χ1n) is 18.3. The highest BCUT2D eigenvalue weighted by atomic mass is 19.1. The molecule has 1 saturated heterocycles. The quantitative estimate of drug-likeness (QED) is 0.177. The molecule has 3 aliphatic heterocycles. The number of aryl methyl sites for hydroxylation is 1. The number of pyridine rings is 1. The number of likely N-dealkylation sites (tertiary alicyclic amines) is 1. The van der Waals surface area contributed by atoms with E-state index in [9.17, 15) is 4.79 Å². The lowest BCUT2D eigenvalue weighted by Gasteiger charge is -2.35. The number of hydrogen-bond donors (Lipinski definition) is 1. The van der Waals surface area contributed by atoms with Crippen molar-refractivity contribution < 1.29 is 29.2 Å². The summed E-state index contributed by atoms with van der Waals surface area (Å²) in [5, 5.41) is 3.40. The van der Waals surface area contributed by atoms with E-state index in [0.29, 0.717) is 37.4 Å². The Hall–Kier alpha value is -3.04. The van der Waals surface area contributed by atoms with Crippen LogP contribution in [0.1, 0.15) is 111 Å². The van der Waals surface area contributed by atoms with Crippen molar-refractivity contribution in [3.8, 4) is 11.5 Å². The van der Waals surface area contributed by atoms with E-state index in [1.807, 2.05) is 20.8 Å². The molecule has 5 rings (SSSR count). The third-order valence-corrected chi connectivity index (χ3v) is 10.2. The van der Waals surface area contributed by atoms with E-state index in [-0.39, 0.29) is 25.3 Å². The Morgan fingerprint density at radius 3 is 2.63 bits per heavy atom. The summed E-state index contributed by atoms with van der Waals surface area (Å²) in [4.78, 5) is 21.1. The number of hydrogen-bond acceptors (Lipinski definition) is 7. The summed E-state index contributed by atoms with van der Waals surface area (Å²) >= 11 is 0. The molecule has 1 aromatic carbocycles. The second kappa shape index (κ2) is 16.8. The highest BCUT2D eigenvalue weighted by Gasteiger charge is 2.40. The summed E-state index contributed by atoms with van der Waals surface area (Å²) in [6.07, 6.45) is 7.54. The van der Waals surface area contributed by atoms with E-state index < -0.39 is 23.4 Å². The molecule has 1 fully saturated rings. The molecule has 0 aliphatic carbocycles. The van der Waals surface area contributed by atoms with Gasteiger partial charge in [0.25, 0.3) is 0 Å². The minimum absolute atomic E-state index is 0. The normalized spacial score (nSPS) is 20.3. The van der Waals surface area contributed by atoms with Crippen LogP contribution in [-0.4, -0.2) is 67.4 Å². The van der Waals surface area contributed by atoms with Crippen LogP contribution >= 0.6 is 0 Å². The van der Waals surface area contributed by atoms with Crippen LogP contribution in [0.15, 0.2) is 29.8 Å². The molecular formula is C40H61F2N3O4. The maximum Gasteiger partial charge on any atom is 0.177 e. The third kappa shape index (κ3) is 9.81. The van der Waals surface area contributed by atoms with Crippen molar-refractivity contribution in [2.45, 2.75) is 118 Å². The molecule has 2 aromatic rings. The number of carbonyl (C=O) groups is 1. The standard InChI is InChI=1S/C38H53F2N3O4.C2H6.H2/c1-24(37(2,3)4)17-32(44)35(31-19-26(39)20-34-30(31)18-25(23-47-34)38(5,6)40)43-15-13-28(22-43)46-16-9-8-11-27-21-33(45-7)29-12-10-14-41-36(29)42-27;1-2;/h17,19-21,25,28,35H,8-16,18,22-23H2,1-7H3,(H,41,42);1-2H3;1H/b24-17-;;/t25?,28-,35?;;/m1../s1. The van der Waals surface area contributed by atoms with Crippen molar-refractivity contribution in [2.75, 3.05) is 45.3 Å². The minimum Gasteiger partial charge on any atom is -0.496 e. The van der Waals surface area contributed by atoms with Gasteiger partial charge in [-0.1, -0.05) is 40.2 Å². The summed E-state index contributed by atoms with van der Waals surface area (Å²) in [5.41, 5.74) is 2.75. The van der Waals surface area contributed by atoms with Gasteiger partial charge in [-0.15, -0.1) is 0 Å². The Morgan fingerprint density at radius 1 is 1.18 bits per heavy atom. The summed E-state index contributed by atoms with van der Waals surface area (Å²) < 4.78 is 48.1. The number of ether oxygens (including phenoxy) is 3.